The summed E-state index contributed by atoms with van der Waals surface area (Å²) in [5, 5.41) is 3.40. The van der Waals surface area contributed by atoms with Gasteiger partial charge in [-0.15, -0.1) is 0 Å². The number of nitrogens with one attached hydrogen (secondary N) is 1. The van der Waals surface area contributed by atoms with Gasteiger partial charge in [-0.25, -0.2) is 0 Å². The molecule has 0 aromatic heterocycles. The molecule has 0 heterocycles. The van der Waals surface area contributed by atoms with Crippen LogP contribution in [0.2, 0.25) is 0 Å². The zero-order valence-corrected chi connectivity index (χ0v) is 14.2. The van der Waals surface area contributed by atoms with Gasteiger partial charge in [0, 0.05) is 17.0 Å². The van der Waals surface area contributed by atoms with E-state index < -0.39 is 0 Å². The molecule has 0 aliphatic carbocycles. The molecule has 1 aromatic rings. The van der Waals surface area contributed by atoms with Crippen molar-refractivity contribution in [1.29, 1.82) is 0 Å². The van der Waals surface area contributed by atoms with Gasteiger partial charge in [-0.2, -0.15) is 0 Å². The Morgan fingerprint density at radius 3 is 2.09 bits per heavy atom. The van der Waals surface area contributed by atoms with Gasteiger partial charge in [0.05, 0.1) is 5.70 Å². The summed E-state index contributed by atoms with van der Waals surface area (Å²) in [6.45, 7) is 19.9. The van der Waals surface area contributed by atoms with Crippen LogP contribution in [0.15, 0.2) is 76.7 Å². The topological polar surface area (TPSA) is 24.4 Å². The van der Waals surface area contributed by atoms with E-state index in [-0.39, 0.29) is 0 Å². The summed E-state index contributed by atoms with van der Waals surface area (Å²) in [4.78, 5) is 4.24. The molecular weight excluding hydrogens is 268 g/mol. The smallest absolute Gasteiger partial charge is 0.0744 e. The zero-order valence-electron chi connectivity index (χ0n) is 14.2. The van der Waals surface area contributed by atoms with Crippen molar-refractivity contribution < 1.29 is 0 Å². The Morgan fingerprint density at radius 2 is 1.68 bits per heavy atom. The summed E-state index contributed by atoms with van der Waals surface area (Å²) in [6, 6.07) is 10.2. The van der Waals surface area contributed by atoms with Gasteiger partial charge in [-0.05, 0) is 50.6 Å². The van der Waals surface area contributed by atoms with Crippen LogP contribution in [0.4, 0.5) is 0 Å². The van der Waals surface area contributed by atoms with Crippen molar-refractivity contribution in [3.63, 3.8) is 0 Å². The molecule has 0 saturated carbocycles. The van der Waals surface area contributed by atoms with Crippen LogP contribution in [0.5, 0.6) is 0 Å². The first kappa shape index (κ1) is 17.7. The van der Waals surface area contributed by atoms with Crippen LogP contribution in [0, 0.1) is 0 Å². The molecule has 1 aromatic carbocycles. The van der Waals surface area contributed by atoms with Gasteiger partial charge in [0.1, 0.15) is 0 Å². The third kappa shape index (κ3) is 4.32. The molecule has 0 fully saturated rings. The van der Waals surface area contributed by atoms with E-state index in [2.05, 4.69) is 56.2 Å². The quantitative estimate of drug-likeness (QED) is 0.522. The third-order valence-electron chi connectivity index (χ3n) is 3.41. The molecule has 0 spiro atoms. The predicted octanol–water partition coefficient (Wildman–Crippen LogP) is 5.48. The fourth-order valence-corrected chi connectivity index (χ4v) is 2.20. The fraction of sp³-hybridized carbons (Fsp3) is 0.250. The van der Waals surface area contributed by atoms with E-state index in [1.165, 1.54) is 5.57 Å². The monoisotopic (exact) mass is 294 g/mol. The van der Waals surface area contributed by atoms with Crippen molar-refractivity contribution in [1.82, 2.24) is 5.32 Å². The van der Waals surface area contributed by atoms with E-state index in [1.54, 1.807) is 0 Å². The number of hydrogen-bond acceptors (Lipinski definition) is 2. The summed E-state index contributed by atoms with van der Waals surface area (Å²) in [5.41, 5.74) is 6.97. The summed E-state index contributed by atoms with van der Waals surface area (Å²) < 4.78 is 0. The first-order valence-electron chi connectivity index (χ1n) is 7.47. The first-order chi connectivity index (χ1) is 10.4. The van der Waals surface area contributed by atoms with Crippen LogP contribution in [-0.4, -0.2) is 6.72 Å². The molecule has 2 heteroatoms. The molecule has 0 radical (unpaired) electrons. The zero-order chi connectivity index (χ0) is 16.7. The van der Waals surface area contributed by atoms with Crippen molar-refractivity contribution in [2.45, 2.75) is 34.1 Å². The van der Waals surface area contributed by atoms with E-state index in [0.717, 1.165) is 40.2 Å². The molecule has 0 saturated heterocycles. The highest BCUT2D eigenvalue weighted by atomic mass is 14.9. The van der Waals surface area contributed by atoms with E-state index in [0.29, 0.717) is 0 Å². The second-order valence-electron chi connectivity index (χ2n) is 5.44. The number of nitrogens with zero attached hydrogens (tertiary/aromatic N) is 1. The van der Waals surface area contributed by atoms with Gasteiger partial charge in [0.2, 0.25) is 0 Å². The third-order valence-corrected chi connectivity index (χ3v) is 3.41. The molecular formula is C20H26N2. The maximum absolute atomic E-state index is 4.24. The minimum absolute atomic E-state index is 0.808. The highest BCUT2D eigenvalue weighted by Crippen LogP contribution is 2.32. The van der Waals surface area contributed by atoms with Crippen LogP contribution in [0.3, 0.4) is 0 Å². The molecule has 1 N–H and O–H groups in total. The minimum atomic E-state index is 0.808. The van der Waals surface area contributed by atoms with Gasteiger partial charge < -0.3 is 5.32 Å². The first-order valence-corrected chi connectivity index (χ1v) is 7.47. The Hall–Kier alpha value is -2.35. The molecule has 0 aliphatic rings. The molecule has 0 amide bonds. The molecule has 2 nitrogen and oxygen atoms in total. The second kappa shape index (κ2) is 8.18. The lowest BCUT2D eigenvalue weighted by molar-refractivity contribution is 0.949. The molecule has 1 rings (SSSR count). The number of aliphatic imine (C=N–C) groups is 1. The van der Waals surface area contributed by atoms with Crippen molar-refractivity contribution in [2.75, 3.05) is 0 Å². The average Bonchev–Trinajstić information content (AvgIpc) is 2.50. The molecule has 0 aliphatic heterocycles. The van der Waals surface area contributed by atoms with Crippen molar-refractivity contribution in [3.8, 4) is 0 Å². The lowest BCUT2D eigenvalue weighted by Gasteiger charge is -2.20. The van der Waals surface area contributed by atoms with E-state index in [9.17, 15) is 0 Å². The lowest BCUT2D eigenvalue weighted by atomic mass is 9.94. The lowest BCUT2D eigenvalue weighted by Crippen LogP contribution is -2.15. The van der Waals surface area contributed by atoms with Crippen LogP contribution in [0.1, 0.15) is 39.7 Å². The second-order valence-corrected chi connectivity index (χ2v) is 5.44. The van der Waals surface area contributed by atoms with Crippen LogP contribution in [-0.2, 0) is 0 Å². The van der Waals surface area contributed by atoms with Gasteiger partial charge in [0.25, 0.3) is 0 Å². The van der Waals surface area contributed by atoms with Gasteiger partial charge in [-0.1, -0.05) is 50.4 Å². The van der Waals surface area contributed by atoms with Crippen LogP contribution in [0.25, 0.3) is 5.57 Å². The van der Waals surface area contributed by atoms with E-state index in [4.69, 9.17) is 0 Å². The van der Waals surface area contributed by atoms with Gasteiger partial charge in [0.15, 0.2) is 0 Å². The Balaban J connectivity index is 3.73. The molecule has 0 atom stereocenters. The summed E-state index contributed by atoms with van der Waals surface area (Å²) in [6.07, 6.45) is 0.937. The summed E-state index contributed by atoms with van der Waals surface area (Å²) >= 11 is 0. The minimum Gasteiger partial charge on any atom is -0.359 e. The van der Waals surface area contributed by atoms with Gasteiger partial charge in [-0.3, -0.25) is 4.99 Å². The number of benzene rings is 1. The molecule has 0 bridgehead atoms. The Kier molecular flexibility index (Phi) is 6.58. The van der Waals surface area contributed by atoms with Gasteiger partial charge >= 0.3 is 0 Å². The predicted molar refractivity (Wildman–Crippen MR) is 98.7 cm³/mol. The fourth-order valence-electron chi connectivity index (χ4n) is 2.20. The molecule has 22 heavy (non-hydrogen) atoms. The Labute approximate surface area is 134 Å². The van der Waals surface area contributed by atoms with Crippen molar-refractivity contribution >= 4 is 12.3 Å². The highest BCUT2D eigenvalue weighted by molar-refractivity contribution is 5.84. The van der Waals surface area contributed by atoms with Crippen molar-refractivity contribution in [3.05, 3.63) is 77.3 Å². The van der Waals surface area contributed by atoms with Crippen molar-refractivity contribution in [2.24, 2.45) is 4.99 Å². The van der Waals surface area contributed by atoms with E-state index in [1.807, 2.05) is 32.0 Å². The summed E-state index contributed by atoms with van der Waals surface area (Å²) in [5.74, 6) is 0. The number of hydrogen-bond donors (Lipinski definition) is 1. The maximum Gasteiger partial charge on any atom is 0.0744 e. The summed E-state index contributed by atoms with van der Waals surface area (Å²) in [7, 11) is 0. The Morgan fingerprint density at radius 1 is 1.09 bits per heavy atom. The average molecular weight is 294 g/mol. The SMILES string of the molecule is C=N/C(C(=C)C)=C(\C(NC(=C)C)=C(\C)CC)c1ccccc1. The van der Waals surface area contributed by atoms with E-state index >= 15 is 0 Å². The number of rotatable bonds is 7. The van der Waals surface area contributed by atoms with Crippen LogP contribution >= 0.6 is 0 Å². The highest BCUT2D eigenvalue weighted by Gasteiger charge is 2.16. The normalized spacial score (nSPS) is 12.9. The maximum atomic E-state index is 4.24. The van der Waals surface area contributed by atoms with Crippen LogP contribution < -0.4 is 5.32 Å². The largest absolute Gasteiger partial charge is 0.359 e. The number of allylic oxidation sites excluding steroid dienone is 4. The molecule has 116 valence electrons. The molecule has 0 unspecified atom stereocenters. The standard InChI is InChI=1S/C20H26N2/c1-8-16(6)20(22-15(4)5)18(19(21-7)14(2)3)17-12-10-9-11-13-17/h9-13,22H,2,4,7-8H2,1,3,5-6H3/b19-18-,20-16+. The Bertz CT molecular complexity index is 631.